The first kappa shape index (κ1) is 16.0. The zero-order valence-corrected chi connectivity index (χ0v) is 14.4. The molecular weight excluding hydrogens is 318 g/mol. The molecule has 3 rings (SSSR count). The molecule has 7 nitrogen and oxygen atoms in total. The molecule has 1 aromatic heterocycles. The van der Waals surface area contributed by atoms with Crippen LogP contribution in [0.15, 0.2) is 0 Å². The van der Waals surface area contributed by atoms with Gasteiger partial charge in [-0.05, 0) is 20.8 Å². The lowest BCUT2D eigenvalue weighted by Gasteiger charge is -2.36. The molecule has 0 bridgehead atoms. The summed E-state index contributed by atoms with van der Waals surface area (Å²) in [7, 11) is 0. The standard InChI is InChI=1S/C15H21N3O4S/c1-9(12-10(2)23-11(3)17-12)16-13(19)18-6-4-15(5-7-18)8-21-14(20)22-15/h9H,4-8H2,1-3H3,(H,16,19)/t9-/m0/s1. The zero-order chi connectivity index (χ0) is 16.6. The fraction of sp³-hybridized carbons (Fsp3) is 0.667. The van der Waals surface area contributed by atoms with Crippen molar-refractivity contribution in [1.29, 1.82) is 0 Å². The lowest BCUT2D eigenvalue weighted by molar-refractivity contribution is 0.00916. The summed E-state index contributed by atoms with van der Waals surface area (Å²) in [4.78, 5) is 30.9. The minimum absolute atomic E-state index is 0.109. The van der Waals surface area contributed by atoms with Crippen LogP contribution < -0.4 is 5.32 Å². The Morgan fingerprint density at radius 2 is 2.09 bits per heavy atom. The fourth-order valence-corrected chi connectivity index (χ4v) is 4.00. The van der Waals surface area contributed by atoms with Crippen LogP contribution in [-0.4, -0.2) is 47.4 Å². The number of hydrogen-bond donors (Lipinski definition) is 1. The Kier molecular flexibility index (Phi) is 4.18. The smallest absolute Gasteiger partial charge is 0.430 e. The molecule has 3 heterocycles. The van der Waals surface area contributed by atoms with Gasteiger partial charge in [-0.25, -0.2) is 14.6 Å². The monoisotopic (exact) mass is 339 g/mol. The molecule has 2 aliphatic heterocycles. The van der Waals surface area contributed by atoms with Gasteiger partial charge in [0, 0.05) is 30.8 Å². The van der Waals surface area contributed by atoms with Crippen LogP contribution in [0.5, 0.6) is 0 Å². The minimum Gasteiger partial charge on any atom is -0.430 e. The van der Waals surface area contributed by atoms with Crippen molar-refractivity contribution in [3.63, 3.8) is 0 Å². The Labute approximate surface area is 139 Å². The topological polar surface area (TPSA) is 80.8 Å². The third kappa shape index (κ3) is 3.26. The molecule has 2 fully saturated rings. The second-order valence-electron chi connectivity index (χ2n) is 6.16. The molecule has 1 spiro atoms. The van der Waals surface area contributed by atoms with Crippen LogP contribution in [0.2, 0.25) is 0 Å². The second kappa shape index (κ2) is 5.99. The van der Waals surface area contributed by atoms with Crippen LogP contribution in [0.4, 0.5) is 9.59 Å². The molecule has 0 radical (unpaired) electrons. The number of thiazole rings is 1. The highest BCUT2D eigenvalue weighted by atomic mass is 32.1. The highest BCUT2D eigenvalue weighted by molar-refractivity contribution is 7.11. The van der Waals surface area contributed by atoms with E-state index >= 15 is 0 Å². The number of cyclic esters (lactones) is 1. The van der Waals surface area contributed by atoms with Gasteiger partial charge in [-0.1, -0.05) is 0 Å². The van der Waals surface area contributed by atoms with Crippen LogP contribution >= 0.6 is 11.3 Å². The van der Waals surface area contributed by atoms with Crippen LogP contribution in [0.3, 0.4) is 0 Å². The van der Waals surface area contributed by atoms with Crippen LogP contribution in [0.25, 0.3) is 0 Å². The van der Waals surface area contributed by atoms with Gasteiger partial charge in [-0.3, -0.25) is 0 Å². The van der Waals surface area contributed by atoms with Crippen molar-refractivity contribution in [2.45, 2.75) is 45.3 Å². The van der Waals surface area contributed by atoms with E-state index in [1.165, 1.54) is 0 Å². The van der Waals surface area contributed by atoms with E-state index in [-0.39, 0.29) is 18.7 Å². The lowest BCUT2D eigenvalue weighted by Crippen LogP contribution is -2.51. The number of aromatic nitrogens is 1. The van der Waals surface area contributed by atoms with Crippen molar-refractivity contribution in [1.82, 2.24) is 15.2 Å². The summed E-state index contributed by atoms with van der Waals surface area (Å²) in [6, 6.07) is -0.237. The van der Waals surface area contributed by atoms with Gasteiger partial charge < -0.3 is 19.7 Å². The summed E-state index contributed by atoms with van der Waals surface area (Å²) in [5.41, 5.74) is 0.384. The molecule has 0 aromatic carbocycles. The van der Waals surface area contributed by atoms with E-state index in [0.29, 0.717) is 25.9 Å². The van der Waals surface area contributed by atoms with Gasteiger partial charge in [-0.15, -0.1) is 11.3 Å². The maximum Gasteiger partial charge on any atom is 0.509 e. The van der Waals surface area contributed by atoms with Crippen molar-refractivity contribution >= 4 is 23.5 Å². The normalized spacial score (nSPS) is 21.0. The number of rotatable bonds is 2. The van der Waals surface area contributed by atoms with E-state index in [4.69, 9.17) is 9.47 Å². The van der Waals surface area contributed by atoms with Gasteiger partial charge in [0.2, 0.25) is 0 Å². The van der Waals surface area contributed by atoms with Crippen molar-refractivity contribution in [2.24, 2.45) is 0 Å². The predicted octanol–water partition coefficient (Wildman–Crippen LogP) is 2.53. The van der Waals surface area contributed by atoms with Crippen molar-refractivity contribution < 1.29 is 19.1 Å². The molecule has 2 aliphatic rings. The SMILES string of the molecule is Cc1nc([C@H](C)NC(=O)N2CCC3(CC2)COC(=O)O3)c(C)s1. The molecular formula is C15H21N3O4S. The molecule has 2 amide bonds. The molecule has 0 unspecified atom stereocenters. The second-order valence-corrected chi connectivity index (χ2v) is 7.56. The number of carbonyl (C=O) groups excluding carboxylic acids is 2. The summed E-state index contributed by atoms with van der Waals surface area (Å²) in [5, 5.41) is 4.00. The molecule has 1 N–H and O–H groups in total. The van der Waals surface area contributed by atoms with Gasteiger partial charge in [0.05, 0.1) is 16.7 Å². The number of nitrogens with one attached hydrogen (secondary N) is 1. The number of piperidine rings is 1. The Morgan fingerprint density at radius 1 is 1.39 bits per heavy atom. The molecule has 23 heavy (non-hydrogen) atoms. The quantitative estimate of drug-likeness (QED) is 0.838. The van der Waals surface area contributed by atoms with Gasteiger partial charge in [0.15, 0.2) is 5.60 Å². The average Bonchev–Trinajstić information content (AvgIpc) is 3.02. The first-order valence-corrected chi connectivity index (χ1v) is 8.55. The number of likely N-dealkylation sites (tertiary alicyclic amines) is 1. The summed E-state index contributed by atoms with van der Waals surface area (Å²) in [6.45, 7) is 7.30. The first-order valence-electron chi connectivity index (χ1n) is 7.74. The molecule has 8 heteroatoms. The van der Waals surface area contributed by atoms with Crippen molar-refractivity contribution in [3.05, 3.63) is 15.6 Å². The fourth-order valence-electron chi connectivity index (χ4n) is 3.08. The molecule has 0 saturated carbocycles. The number of amides is 2. The van der Waals surface area contributed by atoms with Crippen LogP contribution in [0.1, 0.15) is 41.4 Å². The molecule has 126 valence electrons. The summed E-state index contributed by atoms with van der Waals surface area (Å²) in [6.07, 6.45) is 0.607. The number of aryl methyl sites for hydroxylation is 2. The highest BCUT2D eigenvalue weighted by Gasteiger charge is 2.45. The first-order chi connectivity index (χ1) is 10.9. The van der Waals surface area contributed by atoms with E-state index in [9.17, 15) is 9.59 Å². The highest BCUT2D eigenvalue weighted by Crippen LogP contribution is 2.31. The van der Waals surface area contributed by atoms with Crippen molar-refractivity contribution in [2.75, 3.05) is 19.7 Å². The summed E-state index contributed by atoms with van der Waals surface area (Å²) < 4.78 is 10.2. The van der Waals surface area contributed by atoms with E-state index in [1.54, 1.807) is 16.2 Å². The predicted molar refractivity (Wildman–Crippen MR) is 84.5 cm³/mol. The Balaban J connectivity index is 1.55. The van der Waals surface area contributed by atoms with E-state index in [0.717, 1.165) is 15.6 Å². The third-order valence-corrected chi connectivity index (χ3v) is 5.31. The molecule has 0 aliphatic carbocycles. The summed E-state index contributed by atoms with van der Waals surface area (Å²) in [5.74, 6) is 0. The van der Waals surface area contributed by atoms with Gasteiger partial charge >= 0.3 is 12.2 Å². The number of nitrogens with zero attached hydrogens (tertiary/aromatic N) is 2. The number of urea groups is 1. The van der Waals surface area contributed by atoms with E-state index in [1.807, 2.05) is 20.8 Å². The average molecular weight is 339 g/mol. The van der Waals surface area contributed by atoms with Gasteiger partial charge in [0.1, 0.15) is 6.61 Å². The Morgan fingerprint density at radius 3 is 2.61 bits per heavy atom. The zero-order valence-electron chi connectivity index (χ0n) is 13.5. The maximum absolute atomic E-state index is 12.4. The summed E-state index contributed by atoms with van der Waals surface area (Å²) >= 11 is 1.63. The third-order valence-electron chi connectivity index (χ3n) is 4.40. The lowest BCUT2D eigenvalue weighted by atomic mass is 9.92. The van der Waals surface area contributed by atoms with Gasteiger partial charge in [0.25, 0.3) is 0 Å². The van der Waals surface area contributed by atoms with Crippen molar-refractivity contribution in [3.8, 4) is 0 Å². The van der Waals surface area contributed by atoms with Gasteiger partial charge in [-0.2, -0.15) is 0 Å². The number of carbonyl (C=O) groups is 2. The van der Waals surface area contributed by atoms with E-state index in [2.05, 4.69) is 10.3 Å². The minimum atomic E-state index is -0.606. The molecule has 1 atom stereocenters. The largest absolute Gasteiger partial charge is 0.509 e. The number of ether oxygens (including phenoxy) is 2. The molecule has 1 aromatic rings. The Hall–Kier alpha value is -1.83. The molecule has 2 saturated heterocycles. The maximum atomic E-state index is 12.4. The number of hydrogen-bond acceptors (Lipinski definition) is 6. The van der Waals surface area contributed by atoms with E-state index < -0.39 is 11.8 Å². The van der Waals surface area contributed by atoms with Crippen LogP contribution in [0, 0.1) is 13.8 Å². The van der Waals surface area contributed by atoms with Crippen LogP contribution in [-0.2, 0) is 9.47 Å². The Bertz CT molecular complexity index is 622.